The molecule has 0 spiro atoms. The average Bonchev–Trinajstić information content (AvgIpc) is 2.23. The predicted molar refractivity (Wildman–Crippen MR) is 54.1 cm³/mol. The Morgan fingerprint density at radius 2 is 2.14 bits per heavy atom. The summed E-state index contributed by atoms with van der Waals surface area (Å²) in [5.41, 5.74) is 0. The molecular formula is C11H19NO2. The molecular weight excluding hydrogens is 178 g/mol. The summed E-state index contributed by atoms with van der Waals surface area (Å²) in [5, 5.41) is 3.30. The van der Waals surface area contributed by atoms with Crippen molar-refractivity contribution >= 4 is 5.78 Å². The van der Waals surface area contributed by atoms with Gasteiger partial charge in [0.15, 0.2) is 0 Å². The van der Waals surface area contributed by atoms with Gasteiger partial charge in [-0.2, -0.15) is 0 Å². The number of hydrogen-bond acceptors (Lipinski definition) is 3. The number of rotatable bonds is 2. The Kier molecular flexibility index (Phi) is 3.54. The van der Waals surface area contributed by atoms with Crippen LogP contribution in [0.4, 0.5) is 0 Å². The van der Waals surface area contributed by atoms with Crippen molar-refractivity contribution in [1.29, 1.82) is 0 Å². The van der Waals surface area contributed by atoms with Gasteiger partial charge in [0, 0.05) is 38.6 Å². The molecule has 2 aliphatic rings. The molecule has 2 heterocycles. The second kappa shape index (κ2) is 4.89. The molecule has 0 aromatic carbocycles. The van der Waals surface area contributed by atoms with Gasteiger partial charge in [-0.1, -0.05) is 0 Å². The molecule has 2 saturated heterocycles. The minimum atomic E-state index is 0.284. The van der Waals surface area contributed by atoms with E-state index in [1.165, 1.54) is 0 Å². The normalized spacial score (nSPS) is 30.6. The molecule has 0 aromatic rings. The first-order chi connectivity index (χ1) is 6.86. The molecule has 0 saturated carbocycles. The Balaban J connectivity index is 1.79. The SMILES string of the molecule is O=C1CCNCC1CC1CCOCC1. The summed E-state index contributed by atoms with van der Waals surface area (Å²) in [6, 6.07) is 0. The van der Waals surface area contributed by atoms with Crippen LogP contribution in [0, 0.1) is 11.8 Å². The van der Waals surface area contributed by atoms with Crippen molar-refractivity contribution in [3.05, 3.63) is 0 Å². The van der Waals surface area contributed by atoms with Crippen molar-refractivity contribution in [3.8, 4) is 0 Å². The number of carbonyl (C=O) groups excluding carboxylic acids is 1. The third-order valence-electron chi connectivity index (χ3n) is 3.35. The highest BCUT2D eigenvalue weighted by Gasteiger charge is 2.26. The van der Waals surface area contributed by atoms with Gasteiger partial charge in [0.1, 0.15) is 5.78 Å². The van der Waals surface area contributed by atoms with Crippen LogP contribution in [-0.2, 0) is 9.53 Å². The molecule has 0 aliphatic carbocycles. The summed E-state index contributed by atoms with van der Waals surface area (Å²) in [6.07, 6.45) is 4.09. The Bertz CT molecular complexity index is 199. The fourth-order valence-corrected chi connectivity index (χ4v) is 2.41. The molecule has 80 valence electrons. The molecule has 14 heavy (non-hydrogen) atoms. The van der Waals surface area contributed by atoms with E-state index >= 15 is 0 Å². The van der Waals surface area contributed by atoms with Gasteiger partial charge >= 0.3 is 0 Å². The lowest BCUT2D eigenvalue weighted by atomic mass is 9.84. The fourth-order valence-electron chi connectivity index (χ4n) is 2.41. The van der Waals surface area contributed by atoms with Crippen LogP contribution in [0.25, 0.3) is 0 Å². The predicted octanol–water partition coefficient (Wildman–Crippen LogP) is 0.982. The maximum atomic E-state index is 11.6. The number of piperidine rings is 1. The summed E-state index contributed by atoms with van der Waals surface area (Å²) in [6.45, 7) is 3.55. The molecule has 1 unspecified atom stereocenters. The molecule has 0 amide bonds. The molecule has 0 aromatic heterocycles. The molecule has 3 heteroatoms. The highest BCUT2D eigenvalue weighted by atomic mass is 16.5. The summed E-state index contributed by atoms with van der Waals surface area (Å²) < 4.78 is 5.32. The maximum absolute atomic E-state index is 11.6. The molecule has 3 nitrogen and oxygen atoms in total. The van der Waals surface area contributed by atoms with E-state index in [0.717, 1.165) is 57.9 Å². The largest absolute Gasteiger partial charge is 0.381 e. The molecule has 2 rings (SSSR count). The van der Waals surface area contributed by atoms with Crippen molar-refractivity contribution in [3.63, 3.8) is 0 Å². The lowest BCUT2D eigenvalue weighted by molar-refractivity contribution is -0.124. The van der Waals surface area contributed by atoms with Crippen LogP contribution < -0.4 is 5.32 Å². The van der Waals surface area contributed by atoms with Crippen molar-refractivity contribution in [1.82, 2.24) is 5.32 Å². The smallest absolute Gasteiger partial charge is 0.138 e. The van der Waals surface area contributed by atoms with Gasteiger partial charge in [-0.3, -0.25) is 4.79 Å². The third-order valence-corrected chi connectivity index (χ3v) is 3.35. The number of ketones is 1. The van der Waals surface area contributed by atoms with E-state index in [4.69, 9.17) is 4.74 Å². The average molecular weight is 197 g/mol. The first kappa shape index (κ1) is 10.1. The first-order valence-corrected chi connectivity index (χ1v) is 5.67. The van der Waals surface area contributed by atoms with E-state index in [1.54, 1.807) is 0 Å². The second-order valence-electron chi connectivity index (χ2n) is 4.41. The number of ether oxygens (including phenoxy) is 1. The summed E-state index contributed by atoms with van der Waals surface area (Å²) in [7, 11) is 0. The highest BCUT2D eigenvalue weighted by molar-refractivity contribution is 5.82. The van der Waals surface area contributed by atoms with Crippen LogP contribution in [-0.4, -0.2) is 32.1 Å². The first-order valence-electron chi connectivity index (χ1n) is 5.67. The second-order valence-corrected chi connectivity index (χ2v) is 4.41. The Morgan fingerprint density at radius 3 is 2.86 bits per heavy atom. The van der Waals surface area contributed by atoms with Gasteiger partial charge in [-0.25, -0.2) is 0 Å². The number of Topliss-reactive ketones (excluding diaryl/α,β-unsaturated/α-hetero) is 1. The van der Waals surface area contributed by atoms with Gasteiger partial charge in [0.2, 0.25) is 0 Å². The zero-order valence-corrected chi connectivity index (χ0v) is 8.63. The number of carbonyl (C=O) groups is 1. The number of nitrogens with one attached hydrogen (secondary N) is 1. The molecule has 1 N–H and O–H groups in total. The lowest BCUT2D eigenvalue weighted by Gasteiger charge is -2.28. The minimum absolute atomic E-state index is 0.284. The zero-order valence-electron chi connectivity index (χ0n) is 8.63. The lowest BCUT2D eigenvalue weighted by Crippen LogP contribution is -2.38. The highest BCUT2D eigenvalue weighted by Crippen LogP contribution is 2.24. The van der Waals surface area contributed by atoms with E-state index in [9.17, 15) is 4.79 Å². The quantitative estimate of drug-likeness (QED) is 0.717. The van der Waals surface area contributed by atoms with Crippen LogP contribution in [0.3, 0.4) is 0 Å². The van der Waals surface area contributed by atoms with Crippen molar-refractivity contribution in [2.24, 2.45) is 11.8 Å². The number of hydrogen-bond donors (Lipinski definition) is 1. The van der Waals surface area contributed by atoms with Crippen molar-refractivity contribution in [2.45, 2.75) is 25.7 Å². The standard InChI is InChI=1S/C11H19NO2/c13-11-1-4-12-8-10(11)7-9-2-5-14-6-3-9/h9-10,12H,1-8H2. The minimum Gasteiger partial charge on any atom is -0.381 e. The summed E-state index contributed by atoms with van der Waals surface area (Å²) in [5.74, 6) is 1.47. The van der Waals surface area contributed by atoms with Crippen molar-refractivity contribution < 1.29 is 9.53 Å². The van der Waals surface area contributed by atoms with Gasteiger partial charge in [0.05, 0.1) is 0 Å². The Labute approximate surface area is 85.2 Å². The van der Waals surface area contributed by atoms with E-state index in [0.29, 0.717) is 5.78 Å². The van der Waals surface area contributed by atoms with E-state index in [2.05, 4.69) is 5.32 Å². The summed E-state index contributed by atoms with van der Waals surface area (Å²) in [4.78, 5) is 11.6. The molecule has 1 atom stereocenters. The van der Waals surface area contributed by atoms with Crippen molar-refractivity contribution in [2.75, 3.05) is 26.3 Å². The van der Waals surface area contributed by atoms with Crippen LogP contribution in [0.2, 0.25) is 0 Å². The van der Waals surface area contributed by atoms with Gasteiger partial charge in [-0.05, 0) is 25.2 Å². The Hall–Kier alpha value is -0.410. The summed E-state index contributed by atoms with van der Waals surface area (Å²) >= 11 is 0. The van der Waals surface area contributed by atoms with Crippen LogP contribution in [0.1, 0.15) is 25.7 Å². The monoisotopic (exact) mass is 197 g/mol. The Morgan fingerprint density at radius 1 is 1.36 bits per heavy atom. The van der Waals surface area contributed by atoms with Gasteiger partial charge in [0.25, 0.3) is 0 Å². The fraction of sp³-hybridized carbons (Fsp3) is 0.909. The molecule has 0 radical (unpaired) electrons. The molecule has 2 aliphatic heterocycles. The third kappa shape index (κ3) is 2.55. The van der Waals surface area contributed by atoms with E-state index in [1.807, 2.05) is 0 Å². The van der Waals surface area contributed by atoms with Gasteiger partial charge < -0.3 is 10.1 Å². The molecule has 0 bridgehead atoms. The van der Waals surface area contributed by atoms with E-state index in [-0.39, 0.29) is 5.92 Å². The van der Waals surface area contributed by atoms with E-state index < -0.39 is 0 Å². The zero-order chi connectivity index (χ0) is 9.80. The topological polar surface area (TPSA) is 38.3 Å². The molecule has 2 fully saturated rings. The van der Waals surface area contributed by atoms with Crippen LogP contribution in [0.15, 0.2) is 0 Å². The maximum Gasteiger partial charge on any atom is 0.138 e. The van der Waals surface area contributed by atoms with Gasteiger partial charge in [-0.15, -0.1) is 0 Å². The van der Waals surface area contributed by atoms with Crippen LogP contribution in [0.5, 0.6) is 0 Å². The van der Waals surface area contributed by atoms with Crippen LogP contribution >= 0.6 is 0 Å².